The number of hydrogen-bond donors (Lipinski definition) is 2. The van der Waals surface area contributed by atoms with Gasteiger partial charge in [-0.1, -0.05) is 5.92 Å². The van der Waals surface area contributed by atoms with Crippen LogP contribution in [-0.4, -0.2) is 38.8 Å². The average molecular weight is 314 g/mol. The predicted molar refractivity (Wildman–Crippen MR) is 84.3 cm³/mol. The molecule has 0 unspecified atom stereocenters. The molecule has 3 N–H and O–H groups in total. The highest BCUT2D eigenvalue weighted by Gasteiger charge is 2.09. The first-order chi connectivity index (χ1) is 9.53. The van der Waals surface area contributed by atoms with Gasteiger partial charge in [-0.05, 0) is 24.3 Å². The van der Waals surface area contributed by atoms with Crippen molar-refractivity contribution < 1.29 is 13.2 Å². The number of thioether (sulfide) groups is 1. The summed E-state index contributed by atoms with van der Waals surface area (Å²) in [4.78, 5) is 0. The summed E-state index contributed by atoms with van der Waals surface area (Å²) in [7, 11) is -3.31. The molecule has 7 heteroatoms. The molecule has 1 aromatic carbocycles. The van der Waals surface area contributed by atoms with Crippen molar-refractivity contribution >= 4 is 27.5 Å². The molecule has 0 saturated heterocycles. The number of nitrogens with two attached hydrogens (primary N) is 1. The lowest BCUT2D eigenvalue weighted by molar-refractivity contribution is 0.340. The molecule has 0 aliphatic carbocycles. The van der Waals surface area contributed by atoms with Crippen molar-refractivity contribution in [2.45, 2.75) is 0 Å². The van der Waals surface area contributed by atoms with Crippen LogP contribution in [0.1, 0.15) is 0 Å². The van der Waals surface area contributed by atoms with Gasteiger partial charge in [0.15, 0.2) is 0 Å². The zero-order valence-corrected chi connectivity index (χ0v) is 12.7. The summed E-state index contributed by atoms with van der Waals surface area (Å²) in [6.45, 7) is 0.466. The van der Waals surface area contributed by atoms with E-state index in [1.807, 2.05) is 0 Å². The van der Waals surface area contributed by atoms with Crippen LogP contribution in [0.2, 0.25) is 0 Å². The molecule has 0 fully saturated rings. The number of sulfonamides is 1. The number of nitrogen functional groups attached to an aromatic ring is 1. The third-order valence-corrected chi connectivity index (χ3v) is 4.47. The second-order valence-electron chi connectivity index (χ2n) is 3.89. The predicted octanol–water partition coefficient (Wildman–Crippen LogP) is 0.933. The van der Waals surface area contributed by atoms with E-state index in [0.717, 1.165) is 0 Å². The minimum Gasteiger partial charge on any atom is -0.492 e. The van der Waals surface area contributed by atoms with Crippen molar-refractivity contribution in [2.75, 3.05) is 36.1 Å². The van der Waals surface area contributed by atoms with Crippen LogP contribution in [0, 0.1) is 12.3 Å². The maximum absolute atomic E-state index is 11.6. The van der Waals surface area contributed by atoms with E-state index in [-0.39, 0.29) is 12.4 Å². The molecule has 1 rings (SSSR count). The van der Waals surface area contributed by atoms with Gasteiger partial charge in [-0.3, -0.25) is 0 Å². The Hall–Kier alpha value is -1.36. The van der Waals surface area contributed by atoms with Crippen LogP contribution in [0.4, 0.5) is 5.69 Å². The Morgan fingerprint density at radius 3 is 2.70 bits per heavy atom. The molecule has 110 valence electrons. The van der Waals surface area contributed by atoms with E-state index in [0.29, 0.717) is 29.5 Å². The fraction of sp³-hybridized carbons (Fsp3) is 0.385. The number of terminal acetylenes is 1. The van der Waals surface area contributed by atoms with Crippen LogP contribution >= 0.6 is 11.8 Å². The highest BCUT2D eigenvalue weighted by atomic mass is 32.2. The molecular weight excluding hydrogens is 296 g/mol. The van der Waals surface area contributed by atoms with Gasteiger partial charge in [-0.2, -0.15) is 0 Å². The number of hydrogen-bond acceptors (Lipinski definition) is 5. The van der Waals surface area contributed by atoms with Crippen molar-refractivity contribution in [1.82, 2.24) is 4.72 Å². The maximum Gasteiger partial charge on any atom is 0.214 e. The molecule has 0 atom stereocenters. The normalized spacial score (nSPS) is 10.9. The zero-order chi connectivity index (χ0) is 14.8. The van der Waals surface area contributed by atoms with Gasteiger partial charge in [0, 0.05) is 18.0 Å². The first kappa shape index (κ1) is 16.7. The fourth-order valence-corrected chi connectivity index (χ4v) is 2.80. The first-order valence-electron chi connectivity index (χ1n) is 6.00. The molecule has 20 heavy (non-hydrogen) atoms. The van der Waals surface area contributed by atoms with Crippen LogP contribution in [0.3, 0.4) is 0 Å². The number of rotatable bonds is 9. The van der Waals surface area contributed by atoms with Gasteiger partial charge in [0.1, 0.15) is 12.4 Å². The topological polar surface area (TPSA) is 81.4 Å². The van der Waals surface area contributed by atoms with Crippen LogP contribution in [-0.2, 0) is 10.0 Å². The van der Waals surface area contributed by atoms with Crippen molar-refractivity contribution in [1.29, 1.82) is 0 Å². The Labute approximate surface area is 124 Å². The van der Waals surface area contributed by atoms with Crippen LogP contribution in [0.15, 0.2) is 24.3 Å². The summed E-state index contributed by atoms with van der Waals surface area (Å²) in [5.74, 6) is 4.23. The molecule has 5 nitrogen and oxygen atoms in total. The van der Waals surface area contributed by atoms with Crippen molar-refractivity contribution in [3.05, 3.63) is 24.3 Å². The molecule has 0 aliphatic heterocycles. The van der Waals surface area contributed by atoms with Crippen LogP contribution in [0.5, 0.6) is 5.75 Å². The third kappa shape index (κ3) is 7.28. The van der Waals surface area contributed by atoms with Crippen LogP contribution < -0.4 is 15.2 Å². The number of nitrogens with one attached hydrogen (secondary N) is 1. The van der Waals surface area contributed by atoms with Gasteiger partial charge in [-0.15, -0.1) is 18.2 Å². The number of ether oxygens (including phenoxy) is 1. The lowest BCUT2D eigenvalue weighted by atomic mass is 10.3. The van der Waals surface area contributed by atoms with E-state index in [2.05, 4.69) is 10.6 Å². The van der Waals surface area contributed by atoms with Gasteiger partial charge in [-0.25, -0.2) is 13.1 Å². The molecular formula is C13H18N2O3S2. The first-order valence-corrected chi connectivity index (χ1v) is 8.81. The highest BCUT2D eigenvalue weighted by molar-refractivity contribution is 7.99. The van der Waals surface area contributed by atoms with E-state index >= 15 is 0 Å². The molecule has 0 bridgehead atoms. The summed E-state index contributed by atoms with van der Waals surface area (Å²) in [6.07, 6.45) is 5.09. The molecule has 0 aromatic heterocycles. The largest absolute Gasteiger partial charge is 0.492 e. The molecule has 1 aromatic rings. The number of anilines is 1. The number of benzene rings is 1. The second kappa shape index (κ2) is 8.74. The van der Waals surface area contributed by atoms with E-state index in [9.17, 15) is 8.42 Å². The summed E-state index contributed by atoms with van der Waals surface area (Å²) < 4.78 is 31.1. The van der Waals surface area contributed by atoms with Gasteiger partial charge >= 0.3 is 0 Å². The van der Waals surface area contributed by atoms with Crippen molar-refractivity contribution in [2.24, 2.45) is 0 Å². The standard InChI is InChI=1S/C13H18N2O3S2/c1-2-9-19-10-7-15-20(16,17)11-8-18-13-5-3-12(14)4-6-13/h1,3-6,15H,7-11,14H2. The minimum absolute atomic E-state index is 0.0861. The van der Waals surface area contributed by atoms with Crippen LogP contribution in [0.25, 0.3) is 0 Å². The molecule has 0 radical (unpaired) electrons. The third-order valence-electron chi connectivity index (χ3n) is 2.25. The Kier molecular flexibility index (Phi) is 7.30. The molecule has 0 aliphatic rings. The summed E-state index contributed by atoms with van der Waals surface area (Å²) >= 11 is 1.51. The van der Waals surface area contributed by atoms with Crippen molar-refractivity contribution in [3.63, 3.8) is 0 Å². The molecule has 0 amide bonds. The maximum atomic E-state index is 11.6. The Bertz CT molecular complexity index is 536. The van der Waals surface area contributed by atoms with E-state index in [1.54, 1.807) is 24.3 Å². The highest BCUT2D eigenvalue weighted by Crippen LogP contribution is 2.12. The fourth-order valence-electron chi connectivity index (χ4n) is 1.31. The molecule has 0 spiro atoms. The lowest BCUT2D eigenvalue weighted by Gasteiger charge is -2.08. The van der Waals surface area contributed by atoms with Gasteiger partial charge < -0.3 is 10.5 Å². The average Bonchev–Trinajstić information content (AvgIpc) is 2.40. The van der Waals surface area contributed by atoms with E-state index in [4.69, 9.17) is 16.9 Å². The minimum atomic E-state index is -3.31. The Morgan fingerprint density at radius 2 is 2.05 bits per heavy atom. The monoisotopic (exact) mass is 314 g/mol. The molecule has 0 heterocycles. The van der Waals surface area contributed by atoms with Crippen molar-refractivity contribution in [3.8, 4) is 18.1 Å². The quantitative estimate of drug-likeness (QED) is 0.403. The Morgan fingerprint density at radius 1 is 1.35 bits per heavy atom. The smallest absolute Gasteiger partial charge is 0.214 e. The summed E-state index contributed by atoms with van der Waals surface area (Å²) in [6, 6.07) is 6.80. The summed E-state index contributed by atoms with van der Waals surface area (Å²) in [5.41, 5.74) is 6.17. The van der Waals surface area contributed by atoms with Gasteiger partial charge in [0.25, 0.3) is 0 Å². The zero-order valence-electron chi connectivity index (χ0n) is 11.0. The summed E-state index contributed by atoms with van der Waals surface area (Å²) in [5, 5.41) is 0. The molecule has 0 saturated carbocycles. The Balaban J connectivity index is 2.22. The van der Waals surface area contributed by atoms with E-state index in [1.165, 1.54) is 11.8 Å². The van der Waals surface area contributed by atoms with Gasteiger partial charge in [0.2, 0.25) is 10.0 Å². The lowest BCUT2D eigenvalue weighted by Crippen LogP contribution is -2.30. The van der Waals surface area contributed by atoms with E-state index < -0.39 is 10.0 Å². The second-order valence-corrected chi connectivity index (χ2v) is 6.92. The SMILES string of the molecule is C#CCSCCNS(=O)(=O)CCOc1ccc(N)cc1. The van der Waals surface area contributed by atoms with Gasteiger partial charge in [0.05, 0.1) is 11.5 Å².